The van der Waals surface area contributed by atoms with Gasteiger partial charge in [-0.3, -0.25) is 9.36 Å². The SMILES string of the molecule is O=c1c2c(c3ccccc3n1-c1cccc(Cl)c1)OCCC2. The third-order valence-electron chi connectivity index (χ3n) is 4.01. The van der Waals surface area contributed by atoms with Crippen molar-refractivity contribution in [3.8, 4) is 11.4 Å². The van der Waals surface area contributed by atoms with Gasteiger partial charge in [0.2, 0.25) is 0 Å². The molecule has 4 heteroatoms. The van der Waals surface area contributed by atoms with Gasteiger partial charge in [0, 0.05) is 10.4 Å². The van der Waals surface area contributed by atoms with E-state index in [-0.39, 0.29) is 5.56 Å². The molecule has 3 nitrogen and oxygen atoms in total. The predicted molar refractivity (Wildman–Crippen MR) is 88.4 cm³/mol. The maximum atomic E-state index is 13.0. The predicted octanol–water partition coefficient (Wildman–Crippen LogP) is 3.97. The third kappa shape index (κ3) is 2.01. The molecule has 22 heavy (non-hydrogen) atoms. The molecule has 0 atom stereocenters. The maximum Gasteiger partial charge on any atom is 0.262 e. The van der Waals surface area contributed by atoms with Crippen LogP contribution in [0.3, 0.4) is 0 Å². The number of rotatable bonds is 1. The van der Waals surface area contributed by atoms with E-state index in [1.54, 1.807) is 10.6 Å². The number of benzene rings is 2. The number of aromatic nitrogens is 1. The van der Waals surface area contributed by atoms with Gasteiger partial charge in [-0.25, -0.2) is 0 Å². The summed E-state index contributed by atoms with van der Waals surface area (Å²) in [4.78, 5) is 13.0. The van der Waals surface area contributed by atoms with Crippen LogP contribution in [-0.4, -0.2) is 11.2 Å². The molecule has 0 saturated heterocycles. The lowest BCUT2D eigenvalue weighted by atomic mass is 10.0. The minimum Gasteiger partial charge on any atom is -0.492 e. The first kappa shape index (κ1) is 13.4. The average molecular weight is 312 g/mol. The van der Waals surface area contributed by atoms with Gasteiger partial charge < -0.3 is 4.74 Å². The van der Waals surface area contributed by atoms with Crippen molar-refractivity contribution in [2.45, 2.75) is 12.8 Å². The average Bonchev–Trinajstić information content (AvgIpc) is 2.55. The van der Waals surface area contributed by atoms with E-state index in [0.29, 0.717) is 11.6 Å². The monoisotopic (exact) mass is 311 g/mol. The molecule has 0 saturated carbocycles. The Hall–Kier alpha value is -2.26. The van der Waals surface area contributed by atoms with Crippen LogP contribution in [0.15, 0.2) is 53.3 Å². The molecule has 0 radical (unpaired) electrons. The van der Waals surface area contributed by atoms with Crippen LogP contribution in [0.1, 0.15) is 12.0 Å². The maximum absolute atomic E-state index is 13.0. The van der Waals surface area contributed by atoms with E-state index in [4.69, 9.17) is 16.3 Å². The molecule has 0 aliphatic carbocycles. The summed E-state index contributed by atoms with van der Waals surface area (Å²) in [7, 11) is 0. The fourth-order valence-electron chi connectivity index (χ4n) is 3.04. The van der Waals surface area contributed by atoms with E-state index in [1.165, 1.54) is 0 Å². The van der Waals surface area contributed by atoms with Crippen LogP contribution < -0.4 is 10.3 Å². The van der Waals surface area contributed by atoms with Crippen LogP contribution in [0, 0.1) is 0 Å². The Morgan fingerprint density at radius 2 is 1.95 bits per heavy atom. The molecule has 0 amide bonds. The topological polar surface area (TPSA) is 31.2 Å². The van der Waals surface area contributed by atoms with Crippen molar-refractivity contribution < 1.29 is 4.74 Å². The van der Waals surface area contributed by atoms with E-state index in [9.17, 15) is 4.79 Å². The molecule has 4 rings (SSSR count). The molecule has 0 spiro atoms. The fourth-order valence-corrected chi connectivity index (χ4v) is 3.23. The van der Waals surface area contributed by atoms with E-state index in [0.717, 1.165) is 40.7 Å². The van der Waals surface area contributed by atoms with Crippen molar-refractivity contribution in [1.82, 2.24) is 4.57 Å². The summed E-state index contributed by atoms with van der Waals surface area (Å²) >= 11 is 6.10. The lowest BCUT2D eigenvalue weighted by Gasteiger charge is -2.21. The molecule has 1 aliphatic heterocycles. The Kier molecular flexibility index (Phi) is 3.16. The number of halogens is 1. The molecule has 0 fully saturated rings. The van der Waals surface area contributed by atoms with Crippen molar-refractivity contribution in [1.29, 1.82) is 0 Å². The summed E-state index contributed by atoms with van der Waals surface area (Å²) < 4.78 is 7.52. The summed E-state index contributed by atoms with van der Waals surface area (Å²) in [5.74, 6) is 0.741. The minimum atomic E-state index is -0.0179. The second kappa shape index (κ2) is 5.18. The van der Waals surface area contributed by atoms with Gasteiger partial charge in [-0.1, -0.05) is 29.8 Å². The number of fused-ring (bicyclic) bond motifs is 3. The summed E-state index contributed by atoms with van der Waals surface area (Å²) in [5.41, 5.74) is 2.36. The summed E-state index contributed by atoms with van der Waals surface area (Å²) in [6, 6.07) is 15.2. The van der Waals surface area contributed by atoms with E-state index in [2.05, 4.69) is 0 Å². The van der Waals surface area contributed by atoms with E-state index < -0.39 is 0 Å². The molecule has 1 aliphatic rings. The number of pyridine rings is 1. The molecular formula is C18H14ClNO2. The highest BCUT2D eigenvalue weighted by Crippen LogP contribution is 2.32. The van der Waals surface area contributed by atoms with Gasteiger partial charge in [-0.2, -0.15) is 0 Å². The third-order valence-corrected chi connectivity index (χ3v) is 4.24. The Labute approximate surface area is 132 Å². The Bertz CT molecular complexity index is 930. The molecule has 3 aromatic rings. The summed E-state index contributed by atoms with van der Waals surface area (Å²) in [5, 5.41) is 1.58. The molecule has 0 N–H and O–H groups in total. The molecule has 1 aromatic heterocycles. The van der Waals surface area contributed by atoms with E-state index in [1.807, 2.05) is 42.5 Å². The second-order valence-electron chi connectivity index (χ2n) is 5.40. The first-order valence-corrected chi connectivity index (χ1v) is 7.69. The van der Waals surface area contributed by atoms with E-state index >= 15 is 0 Å². The summed E-state index contributed by atoms with van der Waals surface area (Å²) in [6.07, 6.45) is 1.62. The Morgan fingerprint density at radius 3 is 2.82 bits per heavy atom. The highest BCUT2D eigenvalue weighted by molar-refractivity contribution is 6.30. The van der Waals surface area contributed by atoms with Gasteiger partial charge in [-0.15, -0.1) is 0 Å². The lowest BCUT2D eigenvalue weighted by Crippen LogP contribution is -2.26. The fraction of sp³-hybridized carbons (Fsp3) is 0.167. The number of hydrogen-bond acceptors (Lipinski definition) is 2. The Morgan fingerprint density at radius 1 is 1.09 bits per heavy atom. The summed E-state index contributed by atoms with van der Waals surface area (Å²) in [6.45, 7) is 0.664. The van der Waals surface area contributed by atoms with Crippen molar-refractivity contribution in [2.75, 3.05) is 6.61 Å². The molecule has 0 unspecified atom stereocenters. The van der Waals surface area contributed by atoms with Crippen LogP contribution in [0.5, 0.6) is 5.75 Å². The molecular weight excluding hydrogens is 298 g/mol. The molecule has 2 heterocycles. The quantitative estimate of drug-likeness (QED) is 0.681. The number of para-hydroxylation sites is 1. The highest BCUT2D eigenvalue weighted by atomic mass is 35.5. The zero-order chi connectivity index (χ0) is 15.1. The smallest absolute Gasteiger partial charge is 0.262 e. The van der Waals surface area contributed by atoms with Gasteiger partial charge in [0.25, 0.3) is 5.56 Å². The van der Waals surface area contributed by atoms with Gasteiger partial charge >= 0.3 is 0 Å². The normalized spacial score (nSPS) is 13.7. The second-order valence-corrected chi connectivity index (χ2v) is 5.83. The van der Waals surface area contributed by atoms with Gasteiger partial charge in [0.1, 0.15) is 5.75 Å². The molecule has 2 aromatic carbocycles. The Balaban J connectivity index is 2.15. The van der Waals surface area contributed by atoms with Crippen LogP contribution in [0.4, 0.5) is 0 Å². The van der Waals surface area contributed by atoms with Gasteiger partial charge in [0.05, 0.1) is 23.4 Å². The molecule has 110 valence electrons. The molecule has 0 bridgehead atoms. The number of hydrogen-bond donors (Lipinski definition) is 0. The van der Waals surface area contributed by atoms with Crippen molar-refractivity contribution in [3.05, 3.63) is 69.5 Å². The zero-order valence-corrected chi connectivity index (χ0v) is 12.6. The highest BCUT2D eigenvalue weighted by Gasteiger charge is 2.21. The number of ether oxygens (including phenoxy) is 1. The van der Waals surface area contributed by atoms with Crippen LogP contribution in [-0.2, 0) is 6.42 Å². The first-order valence-electron chi connectivity index (χ1n) is 7.31. The minimum absolute atomic E-state index is 0.0179. The van der Waals surface area contributed by atoms with Crippen molar-refractivity contribution >= 4 is 22.5 Å². The van der Waals surface area contributed by atoms with Crippen LogP contribution >= 0.6 is 11.6 Å². The first-order chi connectivity index (χ1) is 10.8. The number of nitrogens with zero attached hydrogens (tertiary/aromatic N) is 1. The van der Waals surface area contributed by atoms with Gasteiger partial charge in [-0.05, 0) is 43.2 Å². The van der Waals surface area contributed by atoms with Crippen molar-refractivity contribution in [2.24, 2.45) is 0 Å². The zero-order valence-electron chi connectivity index (χ0n) is 11.9. The van der Waals surface area contributed by atoms with Gasteiger partial charge in [0.15, 0.2) is 0 Å². The van der Waals surface area contributed by atoms with Crippen molar-refractivity contribution in [3.63, 3.8) is 0 Å². The standard InChI is InChI=1S/C18H14ClNO2/c19-12-5-3-6-13(11-12)20-16-9-2-1-7-14(16)17-15(18(20)21)8-4-10-22-17/h1-3,5-7,9,11H,4,8,10H2. The van der Waals surface area contributed by atoms with Crippen LogP contribution in [0.25, 0.3) is 16.6 Å². The van der Waals surface area contributed by atoms with Crippen LogP contribution in [0.2, 0.25) is 5.02 Å². The lowest BCUT2D eigenvalue weighted by molar-refractivity contribution is 0.290. The largest absolute Gasteiger partial charge is 0.492 e.